The van der Waals surface area contributed by atoms with Gasteiger partial charge in [0.2, 0.25) is 0 Å². The molecule has 0 radical (unpaired) electrons. The number of benzene rings is 11. The van der Waals surface area contributed by atoms with Gasteiger partial charge in [0.15, 0.2) is 0 Å². The fourth-order valence-corrected chi connectivity index (χ4v) is 10.1. The van der Waals surface area contributed by atoms with E-state index >= 15 is 0 Å². The highest BCUT2D eigenvalue weighted by Crippen LogP contribution is 2.46. The van der Waals surface area contributed by atoms with E-state index in [1.54, 1.807) is 0 Å². The maximum atomic E-state index is 5.38. The molecule has 3 heteroatoms. The molecule has 2 heterocycles. The van der Waals surface area contributed by atoms with Crippen molar-refractivity contribution in [3.63, 3.8) is 0 Å². The molecular weight excluding hydrogens is 763 g/mol. The van der Waals surface area contributed by atoms with Crippen molar-refractivity contribution >= 4 is 75.9 Å². The first kappa shape index (κ1) is 35.4. The fraction of sp³-hybridized carbons (Fsp3) is 0. The van der Waals surface area contributed by atoms with Crippen molar-refractivity contribution in [1.29, 1.82) is 0 Å². The van der Waals surface area contributed by atoms with Gasteiger partial charge in [-0.1, -0.05) is 182 Å². The monoisotopic (exact) mass is 799 g/mol. The van der Waals surface area contributed by atoms with Crippen LogP contribution in [0.15, 0.2) is 224 Å². The summed E-state index contributed by atoms with van der Waals surface area (Å²) in [5, 5.41) is 12.3. The first-order chi connectivity index (χ1) is 31.2. The predicted molar refractivity (Wildman–Crippen MR) is 266 cm³/mol. The molecule has 11 aromatic carbocycles. The molecule has 13 rings (SSSR count). The molecular formula is C60H37N3. The van der Waals surface area contributed by atoms with E-state index in [9.17, 15) is 0 Å². The van der Waals surface area contributed by atoms with Crippen LogP contribution in [0.3, 0.4) is 0 Å². The van der Waals surface area contributed by atoms with E-state index in [1.807, 2.05) is 12.1 Å². The standard InChI is InChI=1S/C60H37N3/c1-2-15-38(16-3-1)41-20-12-22-43(35-41)59-60(62-54-30-11-10-29-53(54)61-59)51-28-14-21-42-36-44(32-33-46(42)51)63-55-34-31-40-18-5-7-24-47(40)57(55)58-50-26-9-8-25-49(50)52(37-56(58)63)48-27-13-19-39-17-4-6-23-45(39)48/h1-37H. The van der Waals surface area contributed by atoms with Crippen LogP contribution < -0.4 is 0 Å². The van der Waals surface area contributed by atoms with Crippen LogP contribution in [0.25, 0.3) is 126 Å². The van der Waals surface area contributed by atoms with Crippen molar-refractivity contribution < 1.29 is 0 Å². The molecule has 63 heavy (non-hydrogen) atoms. The van der Waals surface area contributed by atoms with Crippen LogP contribution in [0.5, 0.6) is 0 Å². The smallest absolute Gasteiger partial charge is 0.0979 e. The lowest BCUT2D eigenvalue weighted by molar-refractivity contribution is 1.19. The third-order valence-electron chi connectivity index (χ3n) is 12.9. The Hall–Kier alpha value is -8.40. The number of para-hydroxylation sites is 2. The van der Waals surface area contributed by atoms with E-state index in [0.29, 0.717) is 0 Å². The highest BCUT2D eigenvalue weighted by Gasteiger charge is 2.22. The number of nitrogens with zero attached hydrogens (tertiary/aromatic N) is 3. The highest BCUT2D eigenvalue weighted by atomic mass is 15.0. The largest absolute Gasteiger partial charge is 0.309 e. The molecule has 0 N–H and O–H groups in total. The third kappa shape index (κ3) is 5.60. The molecule has 292 valence electrons. The Morgan fingerprint density at radius 2 is 0.857 bits per heavy atom. The molecule has 0 aliphatic rings. The SMILES string of the molecule is c1ccc(-c2cccc(-c3nc4ccccc4nc3-c3cccc4cc(-n5c6ccc7ccccc7c6c6c7ccccc7c(-c7cccc8ccccc78)cc65)ccc34)c2)cc1. The van der Waals surface area contributed by atoms with E-state index in [1.165, 1.54) is 70.8 Å². The van der Waals surface area contributed by atoms with Crippen LogP contribution in [0.2, 0.25) is 0 Å². The minimum Gasteiger partial charge on any atom is -0.309 e. The lowest BCUT2D eigenvalue weighted by Gasteiger charge is -2.16. The minimum atomic E-state index is 0.866. The quantitative estimate of drug-likeness (QED) is 0.174. The molecule has 0 atom stereocenters. The lowest BCUT2D eigenvalue weighted by atomic mass is 9.91. The van der Waals surface area contributed by atoms with E-state index in [-0.39, 0.29) is 0 Å². The Morgan fingerprint density at radius 3 is 1.68 bits per heavy atom. The first-order valence-electron chi connectivity index (χ1n) is 21.6. The lowest BCUT2D eigenvalue weighted by Crippen LogP contribution is -1.98. The maximum Gasteiger partial charge on any atom is 0.0979 e. The van der Waals surface area contributed by atoms with Gasteiger partial charge in [-0.2, -0.15) is 0 Å². The molecule has 13 aromatic rings. The van der Waals surface area contributed by atoms with Gasteiger partial charge in [0.05, 0.1) is 33.5 Å². The number of fused-ring (bicyclic) bond motifs is 10. The highest BCUT2D eigenvalue weighted by molar-refractivity contribution is 6.30. The third-order valence-corrected chi connectivity index (χ3v) is 12.9. The van der Waals surface area contributed by atoms with Crippen LogP contribution in [-0.2, 0) is 0 Å². The minimum absolute atomic E-state index is 0.866. The normalized spacial score (nSPS) is 11.8. The summed E-state index contributed by atoms with van der Waals surface area (Å²) >= 11 is 0. The van der Waals surface area contributed by atoms with Crippen molar-refractivity contribution in [2.75, 3.05) is 0 Å². The van der Waals surface area contributed by atoms with Gasteiger partial charge < -0.3 is 4.57 Å². The second-order valence-electron chi connectivity index (χ2n) is 16.5. The van der Waals surface area contributed by atoms with Gasteiger partial charge in [-0.3, -0.25) is 0 Å². The van der Waals surface area contributed by atoms with Crippen molar-refractivity contribution in [3.8, 4) is 50.5 Å². The number of aromatic nitrogens is 3. The van der Waals surface area contributed by atoms with Crippen LogP contribution in [0.4, 0.5) is 0 Å². The molecule has 0 bridgehead atoms. The molecule has 2 aromatic heterocycles. The van der Waals surface area contributed by atoms with Crippen LogP contribution in [0, 0.1) is 0 Å². The van der Waals surface area contributed by atoms with Gasteiger partial charge >= 0.3 is 0 Å². The maximum absolute atomic E-state index is 5.38. The summed E-state index contributed by atoms with van der Waals surface area (Å²) < 4.78 is 2.49. The molecule has 3 nitrogen and oxygen atoms in total. The summed E-state index contributed by atoms with van der Waals surface area (Å²) in [6, 6.07) is 81.1. The molecule has 0 fully saturated rings. The number of rotatable bonds is 5. The van der Waals surface area contributed by atoms with Gasteiger partial charge in [0, 0.05) is 27.6 Å². The van der Waals surface area contributed by atoms with Crippen molar-refractivity contribution in [2.24, 2.45) is 0 Å². The van der Waals surface area contributed by atoms with E-state index in [4.69, 9.17) is 9.97 Å². The van der Waals surface area contributed by atoms with Crippen molar-refractivity contribution in [2.45, 2.75) is 0 Å². The molecule has 0 spiro atoms. The molecule has 0 saturated carbocycles. The van der Waals surface area contributed by atoms with Crippen molar-refractivity contribution in [1.82, 2.24) is 14.5 Å². The zero-order chi connectivity index (χ0) is 41.4. The number of hydrogen-bond acceptors (Lipinski definition) is 2. The Balaban J connectivity index is 1.07. The molecule has 0 aliphatic heterocycles. The van der Waals surface area contributed by atoms with E-state index in [0.717, 1.165) is 55.6 Å². The summed E-state index contributed by atoms with van der Waals surface area (Å²) in [5.41, 5.74) is 13.8. The average molecular weight is 800 g/mol. The Labute approximate surface area is 363 Å². The van der Waals surface area contributed by atoms with E-state index in [2.05, 4.69) is 217 Å². The first-order valence-corrected chi connectivity index (χ1v) is 21.6. The summed E-state index contributed by atoms with van der Waals surface area (Å²) in [5.74, 6) is 0. The van der Waals surface area contributed by atoms with Gasteiger partial charge in [0.25, 0.3) is 0 Å². The Kier molecular flexibility index (Phi) is 7.91. The summed E-state index contributed by atoms with van der Waals surface area (Å²) in [6.45, 7) is 0. The average Bonchev–Trinajstić information content (AvgIpc) is 3.70. The predicted octanol–water partition coefficient (Wildman–Crippen LogP) is 16.0. The molecule has 0 unspecified atom stereocenters. The summed E-state index contributed by atoms with van der Waals surface area (Å²) in [6.07, 6.45) is 0. The van der Waals surface area contributed by atoms with Gasteiger partial charge in [-0.15, -0.1) is 0 Å². The second-order valence-corrected chi connectivity index (χ2v) is 16.5. The Morgan fingerprint density at radius 1 is 0.286 bits per heavy atom. The van der Waals surface area contributed by atoms with E-state index < -0.39 is 0 Å². The van der Waals surface area contributed by atoms with Crippen LogP contribution in [0.1, 0.15) is 0 Å². The zero-order valence-electron chi connectivity index (χ0n) is 34.2. The fourth-order valence-electron chi connectivity index (χ4n) is 10.1. The zero-order valence-corrected chi connectivity index (χ0v) is 34.2. The van der Waals surface area contributed by atoms with Gasteiger partial charge in [-0.25, -0.2) is 9.97 Å². The van der Waals surface area contributed by atoms with Gasteiger partial charge in [0.1, 0.15) is 0 Å². The molecule has 0 aliphatic carbocycles. The number of hydrogen-bond donors (Lipinski definition) is 0. The molecule has 0 amide bonds. The van der Waals surface area contributed by atoms with Gasteiger partial charge in [-0.05, 0) is 108 Å². The van der Waals surface area contributed by atoms with Crippen LogP contribution >= 0.6 is 0 Å². The van der Waals surface area contributed by atoms with Crippen molar-refractivity contribution in [3.05, 3.63) is 224 Å². The topological polar surface area (TPSA) is 30.7 Å². The summed E-state index contributed by atoms with van der Waals surface area (Å²) in [7, 11) is 0. The van der Waals surface area contributed by atoms with Crippen LogP contribution in [-0.4, -0.2) is 14.5 Å². The summed E-state index contributed by atoms with van der Waals surface area (Å²) in [4.78, 5) is 10.7. The molecule has 0 saturated heterocycles. The second kappa shape index (κ2) is 14.1. The Bertz CT molecular complexity index is 3970.